The molecule has 2 heterocycles. The number of aromatic amines is 1. The van der Waals surface area contributed by atoms with Gasteiger partial charge in [0.05, 0.1) is 5.69 Å². The molecule has 0 unspecified atom stereocenters. The molecular formula is C9H9N3O. The lowest BCUT2D eigenvalue weighted by Crippen LogP contribution is -2.06. The van der Waals surface area contributed by atoms with Gasteiger partial charge in [0.25, 0.3) is 5.56 Å². The summed E-state index contributed by atoms with van der Waals surface area (Å²) in [7, 11) is 1.93. The summed E-state index contributed by atoms with van der Waals surface area (Å²) < 4.78 is 1.95. The predicted molar refractivity (Wildman–Crippen MR) is 49.3 cm³/mol. The van der Waals surface area contributed by atoms with Gasteiger partial charge in [0, 0.05) is 19.3 Å². The molecule has 0 saturated heterocycles. The van der Waals surface area contributed by atoms with Crippen LogP contribution in [0.5, 0.6) is 0 Å². The fourth-order valence-corrected chi connectivity index (χ4v) is 1.21. The van der Waals surface area contributed by atoms with Crippen molar-refractivity contribution in [3.63, 3.8) is 0 Å². The van der Waals surface area contributed by atoms with Crippen molar-refractivity contribution in [3.8, 4) is 11.4 Å². The number of aryl methyl sites for hydroxylation is 1. The third kappa shape index (κ3) is 1.38. The molecule has 1 N–H and O–H groups in total. The molecule has 0 atom stereocenters. The van der Waals surface area contributed by atoms with E-state index in [4.69, 9.17) is 0 Å². The Kier molecular flexibility index (Phi) is 1.73. The van der Waals surface area contributed by atoms with Gasteiger partial charge >= 0.3 is 0 Å². The zero-order chi connectivity index (χ0) is 9.26. The molecule has 0 aliphatic rings. The van der Waals surface area contributed by atoms with Gasteiger partial charge in [-0.25, -0.2) is 5.10 Å². The summed E-state index contributed by atoms with van der Waals surface area (Å²) in [5, 5.41) is 6.32. The number of hydrogen-bond acceptors (Lipinski definition) is 2. The van der Waals surface area contributed by atoms with Gasteiger partial charge in [0.15, 0.2) is 0 Å². The van der Waals surface area contributed by atoms with Gasteiger partial charge in [-0.3, -0.25) is 4.79 Å². The van der Waals surface area contributed by atoms with E-state index in [-0.39, 0.29) is 5.56 Å². The summed E-state index contributed by atoms with van der Waals surface area (Å²) in [5.41, 5.74) is 1.57. The van der Waals surface area contributed by atoms with Crippen LogP contribution in [0.4, 0.5) is 0 Å². The highest BCUT2D eigenvalue weighted by molar-refractivity contribution is 5.53. The summed E-state index contributed by atoms with van der Waals surface area (Å²) in [6.07, 6.45) is 1.93. The molecule has 66 valence electrons. The van der Waals surface area contributed by atoms with Crippen LogP contribution in [0.25, 0.3) is 11.4 Å². The largest absolute Gasteiger partial charge is 0.349 e. The van der Waals surface area contributed by atoms with E-state index in [9.17, 15) is 4.79 Å². The molecule has 13 heavy (non-hydrogen) atoms. The summed E-state index contributed by atoms with van der Waals surface area (Å²) >= 11 is 0. The number of H-pyrrole nitrogens is 1. The Morgan fingerprint density at radius 3 is 2.77 bits per heavy atom. The highest BCUT2D eigenvalue weighted by Crippen LogP contribution is 2.13. The van der Waals surface area contributed by atoms with Gasteiger partial charge in [-0.1, -0.05) is 0 Å². The van der Waals surface area contributed by atoms with Crippen LogP contribution in [0, 0.1) is 0 Å². The zero-order valence-corrected chi connectivity index (χ0v) is 7.19. The topological polar surface area (TPSA) is 50.7 Å². The van der Waals surface area contributed by atoms with Crippen molar-refractivity contribution in [2.24, 2.45) is 7.05 Å². The van der Waals surface area contributed by atoms with Crippen LogP contribution in [0.2, 0.25) is 0 Å². The quantitative estimate of drug-likeness (QED) is 0.696. The van der Waals surface area contributed by atoms with Gasteiger partial charge < -0.3 is 4.57 Å². The molecular weight excluding hydrogens is 166 g/mol. The van der Waals surface area contributed by atoms with Crippen molar-refractivity contribution in [3.05, 3.63) is 40.8 Å². The third-order valence-electron chi connectivity index (χ3n) is 1.89. The van der Waals surface area contributed by atoms with Crippen LogP contribution in [-0.4, -0.2) is 14.8 Å². The highest BCUT2D eigenvalue weighted by Gasteiger charge is 2.01. The van der Waals surface area contributed by atoms with Crippen molar-refractivity contribution in [2.75, 3.05) is 0 Å². The van der Waals surface area contributed by atoms with E-state index in [1.807, 2.05) is 29.9 Å². The average molecular weight is 175 g/mol. The molecule has 0 aliphatic carbocycles. The Morgan fingerprint density at radius 2 is 2.23 bits per heavy atom. The standard InChI is InChI=1S/C9H9N3O/c1-12-6-2-3-8(12)7-4-5-9(13)11-10-7/h2-6H,1H3,(H,11,13). The second kappa shape index (κ2) is 2.90. The minimum Gasteiger partial charge on any atom is -0.349 e. The first-order valence-corrected chi connectivity index (χ1v) is 3.95. The van der Waals surface area contributed by atoms with Crippen LogP contribution >= 0.6 is 0 Å². The lowest BCUT2D eigenvalue weighted by molar-refractivity contribution is 0.911. The van der Waals surface area contributed by atoms with Gasteiger partial charge in [0.1, 0.15) is 5.69 Å². The molecule has 4 heteroatoms. The first-order chi connectivity index (χ1) is 6.27. The van der Waals surface area contributed by atoms with Crippen molar-refractivity contribution in [2.45, 2.75) is 0 Å². The number of hydrogen-bond donors (Lipinski definition) is 1. The summed E-state index contributed by atoms with van der Waals surface area (Å²) in [6.45, 7) is 0. The number of nitrogens with zero attached hydrogens (tertiary/aromatic N) is 2. The predicted octanol–water partition coefficient (Wildman–Crippen LogP) is 0.775. The molecule has 2 rings (SSSR count). The van der Waals surface area contributed by atoms with E-state index in [0.29, 0.717) is 0 Å². The van der Waals surface area contributed by atoms with Crippen LogP contribution in [0.3, 0.4) is 0 Å². The zero-order valence-electron chi connectivity index (χ0n) is 7.19. The third-order valence-corrected chi connectivity index (χ3v) is 1.89. The first-order valence-electron chi connectivity index (χ1n) is 3.95. The Labute approximate surface area is 74.8 Å². The van der Waals surface area contributed by atoms with E-state index >= 15 is 0 Å². The minimum absolute atomic E-state index is 0.182. The molecule has 0 bridgehead atoms. The maximum Gasteiger partial charge on any atom is 0.264 e. The molecule has 0 amide bonds. The normalized spacial score (nSPS) is 10.2. The molecule has 0 radical (unpaired) electrons. The Morgan fingerprint density at radius 1 is 1.38 bits per heavy atom. The van der Waals surface area contributed by atoms with Crippen LogP contribution in [0.1, 0.15) is 0 Å². The molecule has 2 aromatic heterocycles. The van der Waals surface area contributed by atoms with Gasteiger partial charge in [0.2, 0.25) is 0 Å². The van der Waals surface area contributed by atoms with E-state index in [0.717, 1.165) is 11.4 Å². The van der Waals surface area contributed by atoms with Crippen LogP contribution in [0.15, 0.2) is 35.3 Å². The van der Waals surface area contributed by atoms with E-state index < -0.39 is 0 Å². The van der Waals surface area contributed by atoms with Crippen LogP contribution in [-0.2, 0) is 7.05 Å². The lowest BCUT2D eigenvalue weighted by Gasteiger charge is -2.00. The molecule has 2 aromatic rings. The molecule has 0 fully saturated rings. The number of rotatable bonds is 1. The summed E-state index contributed by atoms with van der Waals surface area (Å²) in [5.74, 6) is 0. The van der Waals surface area contributed by atoms with Crippen molar-refractivity contribution in [1.82, 2.24) is 14.8 Å². The van der Waals surface area contributed by atoms with Crippen molar-refractivity contribution in [1.29, 1.82) is 0 Å². The fraction of sp³-hybridized carbons (Fsp3) is 0.111. The first kappa shape index (κ1) is 7.79. The summed E-state index contributed by atoms with van der Waals surface area (Å²) in [6, 6.07) is 7.05. The molecule has 0 spiro atoms. The average Bonchev–Trinajstić information content (AvgIpc) is 2.53. The Bertz CT molecular complexity index is 449. The SMILES string of the molecule is Cn1cccc1-c1ccc(=O)[nH]n1. The van der Waals surface area contributed by atoms with Gasteiger partial charge in [-0.15, -0.1) is 0 Å². The molecule has 4 nitrogen and oxygen atoms in total. The molecule has 0 saturated carbocycles. The maximum atomic E-state index is 10.8. The van der Waals surface area contributed by atoms with E-state index in [1.54, 1.807) is 6.07 Å². The number of nitrogens with one attached hydrogen (secondary N) is 1. The Hall–Kier alpha value is -1.84. The van der Waals surface area contributed by atoms with Crippen molar-refractivity contribution < 1.29 is 0 Å². The second-order valence-corrected chi connectivity index (χ2v) is 2.81. The van der Waals surface area contributed by atoms with E-state index in [2.05, 4.69) is 10.2 Å². The number of aromatic nitrogens is 3. The van der Waals surface area contributed by atoms with Crippen molar-refractivity contribution >= 4 is 0 Å². The van der Waals surface area contributed by atoms with Crippen LogP contribution < -0.4 is 5.56 Å². The second-order valence-electron chi connectivity index (χ2n) is 2.81. The monoisotopic (exact) mass is 175 g/mol. The Balaban J connectivity index is 2.53. The van der Waals surface area contributed by atoms with E-state index in [1.165, 1.54) is 6.07 Å². The van der Waals surface area contributed by atoms with Gasteiger partial charge in [-0.2, -0.15) is 5.10 Å². The molecule has 0 aromatic carbocycles. The summed E-state index contributed by atoms with van der Waals surface area (Å²) in [4.78, 5) is 10.8. The smallest absolute Gasteiger partial charge is 0.264 e. The van der Waals surface area contributed by atoms with Gasteiger partial charge in [-0.05, 0) is 18.2 Å². The fourth-order valence-electron chi connectivity index (χ4n) is 1.21. The molecule has 0 aliphatic heterocycles. The highest BCUT2D eigenvalue weighted by atomic mass is 16.1. The maximum absolute atomic E-state index is 10.8. The lowest BCUT2D eigenvalue weighted by atomic mass is 10.3. The minimum atomic E-state index is -0.182.